The number of methoxy groups -OCH3 is 1. The molecule has 1 N–H and O–H groups in total. The van der Waals surface area contributed by atoms with Crippen molar-refractivity contribution in [1.82, 2.24) is 14.9 Å². The molecule has 1 rings (SSSR count). The summed E-state index contributed by atoms with van der Waals surface area (Å²) in [6.45, 7) is 4.63. The van der Waals surface area contributed by atoms with Crippen LogP contribution in [0.1, 0.15) is 19.9 Å². The Morgan fingerprint density at radius 3 is 2.87 bits per heavy atom. The van der Waals surface area contributed by atoms with Crippen molar-refractivity contribution in [3.63, 3.8) is 0 Å². The van der Waals surface area contributed by atoms with E-state index in [0.29, 0.717) is 0 Å². The molecular formula is C10H17N3O2. The van der Waals surface area contributed by atoms with E-state index in [2.05, 4.69) is 10.3 Å². The number of aromatic nitrogens is 2. The first-order chi connectivity index (χ1) is 7.20. The zero-order valence-electron chi connectivity index (χ0n) is 9.30. The van der Waals surface area contributed by atoms with Gasteiger partial charge in [-0.1, -0.05) is 6.92 Å². The molecule has 1 heterocycles. The van der Waals surface area contributed by atoms with Gasteiger partial charge in [-0.05, 0) is 13.5 Å². The van der Waals surface area contributed by atoms with E-state index in [1.54, 1.807) is 12.5 Å². The number of hydrogen-bond donors (Lipinski definition) is 1. The molecule has 1 aromatic rings. The summed E-state index contributed by atoms with van der Waals surface area (Å²) >= 11 is 0. The standard InChI is InChI=1S/C10H17N3O2/c1-4-12-9(10(14)15-3)8(2)13-6-5-11-7-13/h5-9,12H,4H2,1-3H3. The number of nitrogens with one attached hydrogen (secondary N) is 1. The van der Waals surface area contributed by atoms with Crippen LogP contribution in [-0.2, 0) is 9.53 Å². The third kappa shape index (κ3) is 2.79. The molecule has 0 aliphatic heterocycles. The van der Waals surface area contributed by atoms with Gasteiger partial charge in [0.25, 0.3) is 0 Å². The molecule has 5 nitrogen and oxygen atoms in total. The molecule has 0 spiro atoms. The minimum atomic E-state index is -0.339. The smallest absolute Gasteiger partial charge is 0.325 e. The summed E-state index contributed by atoms with van der Waals surface area (Å²) in [5.41, 5.74) is 0. The minimum Gasteiger partial charge on any atom is -0.468 e. The monoisotopic (exact) mass is 211 g/mol. The molecule has 0 saturated heterocycles. The fourth-order valence-corrected chi connectivity index (χ4v) is 1.48. The first-order valence-electron chi connectivity index (χ1n) is 4.99. The fourth-order valence-electron chi connectivity index (χ4n) is 1.48. The van der Waals surface area contributed by atoms with Gasteiger partial charge in [0, 0.05) is 12.4 Å². The molecule has 0 bridgehead atoms. The highest BCUT2D eigenvalue weighted by Gasteiger charge is 2.25. The van der Waals surface area contributed by atoms with E-state index < -0.39 is 0 Å². The van der Waals surface area contributed by atoms with Gasteiger partial charge in [-0.15, -0.1) is 0 Å². The van der Waals surface area contributed by atoms with E-state index in [-0.39, 0.29) is 18.1 Å². The lowest BCUT2D eigenvalue weighted by molar-refractivity contribution is -0.144. The number of ether oxygens (including phenoxy) is 1. The number of rotatable bonds is 5. The molecule has 84 valence electrons. The minimum absolute atomic E-state index is 0.0140. The molecule has 0 radical (unpaired) electrons. The van der Waals surface area contributed by atoms with Crippen LogP contribution in [0.15, 0.2) is 18.7 Å². The van der Waals surface area contributed by atoms with Gasteiger partial charge in [0.2, 0.25) is 0 Å². The van der Waals surface area contributed by atoms with E-state index in [1.165, 1.54) is 7.11 Å². The highest BCUT2D eigenvalue weighted by molar-refractivity contribution is 5.76. The van der Waals surface area contributed by atoms with Crippen LogP contribution in [0.4, 0.5) is 0 Å². The van der Waals surface area contributed by atoms with Gasteiger partial charge in [0.05, 0.1) is 19.5 Å². The summed E-state index contributed by atoms with van der Waals surface area (Å²) < 4.78 is 6.63. The fraction of sp³-hybridized carbons (Fsp3) is 0.600. The molecule has 1 aromatic heterocycles. The molecule has 0 saturated carbocycles. The number of carbonyl (C=O) groups excluding carboxylic acids is 1. The summed E-state index contributed by atoms with van der Waals surface area (Å²) in [6.07, 6.45) is 5.21. The molecule has 0 amide bonds. The van der Waals surface area contributed by atoms with Crippen molar-refractivity contribution >= 4 is 5.97 Å². The molecule has 2 unspecified atom stereocenters. The van der Waals surface area contributed by atoms with E-state index in [9.17, 15) is 4.79 Å². The molecular weight excluding hydrogens is 194 g/mol. The van der Waals surface area contributed by atoms with Crippen molar-refractivity contribution in [1.29, 1.82) is 0 Å². The summed E-state index contributed by atoms with van der Waals surface area (Å²) in [5.74, 6) is -0.252. The molecule has 0 fully saturated rings. The van der Waals surface area contributed by atoms with Crippen LogP contribution in [0.3, 0.4) is 0 Å². The maximum Gasteiger partial charge on any atom is 0.325 e. The van der Waals surface area contributed by atoms with E-state index in [4.69, 9.17) is 4.74 Å². The largest absolute Gasteiger partial charge is 0.468 e. The summed E-state index contributed by atoms with van der Waals surface area (Å²) in [7, 11) is 1.40. The predicted molar refractivity (Wildman–Crippen MR) is 56.4 cm³/mol. The second kappa shape index (κ2) is 5.50. The summed E-state index contributed by atoms with van der Waals surface area (Å²) in [6, 6.07) is -0.353. The van der Waals surface area contributed by atoms with Gasteiger partial charge < -0.3 is 14.6 Å². The second-order valence-electron chi connectivity index (χ2n) is 3.31. The van der Waals surface area contributed by atoms with Gasteiger partial charge >= 0.3 is 5.97 Å². The van der Waals surface area contributed by atoms with E-state index >= 15 is 0 Å². The molecule has 5 heteroatoms. The second-order valence-corrected chi connectivity index (χ2v) is 3.31. The number of hydrogen-bond acceptors (Lipinski definition) is 4. The lowest BCUT2D eigenvalue weighted by Gasteiger charge is -2.23. The van der Waals surface area contributed by atoms with Crippen molar-refractivity contribution in [3.05, 3.63) is 18.7 Å². The van der Waals surface area contributed by atoms with Gasteiger partial charge in [0.1, 0.15) is 6.04 Å². The third-order valence-corrected chi connectivity index (χ3v) is 2.36. The Hall–Kier alpha value is -1.36. The first kappa shape index (κ1) is 11.7. The normalized spacial score (nSPS) is 14.6. The summed E-state index contributed by atoms with van der Waals surface area (Å²) in [4.78, 5) is 15.5. The van der Waals surface area contributed by atoms with E-state index in [0.717, 1.165) is 6.54 Å². The maximum absolute atomic E-state index is 11.5. The lowest BCUT2D eigenvalue weighted by atomic mass is 10.1. The van der Waals surface area contributed by atoms with Crippen molar-refractivity contribution in [2.45, 2.75) is 25.9 Å². The Labute approximate surface area is 89.4 Å². The van der Waals surface area contributed by atoms with Crippen molar-refractivity contribution in [3.8, 4) is 0 Å². The van der Waals surface area contributed by atoms with Crippen LogP contribution in [0.5, 0.6) is 0 Å². The molecule has 0 aliphatic rings. The Morgan fingerprint density at radius 2 is 2.40 bits per heavy atom. The van der Waals surface area contributed by atoms with Crippen LogP contribution in [0, 0.1) is 0 Å². The lowest BCUT2D eigenvalue weighted by Crippen LogP contribution is -2.43. The van der Waals surface area contributed by atoms with Gasteiger partial charge in [-0.2, -0.15) is 0 Å². The summed E-state index contributed by atoms with van der Waals surface area (Å²) in [5, 5.41) is 3.10. The highest BCUT2D eigenvalue weighted by Crippen LogP contribution is 2.11. The molecule has 2 atom stereocenters. The van der Waals surface area contributed by atoms with E-state index in [1.807, 2.05) is 24.6 Å². The third-order valence-electron chi connectivity index (χ3n) is 2.36. The number of imidazole rings is 1. The van der Waals surface area contributed by atoms with Crippen molar-refractivity contribution in [2.75, 3.05) is 13.7 Å². The zero-order chi connectivity index (χ0) is 11.3. The number of nitrogens with zero attached hydrogens (tertiary/aromatic N) is 2. The van der Waals surface area contributed by atoms with Gasteiger partial charge in [-0.25, -0.2) is 4.98 Å². The highest BCUT2D eigenvalue weighted by atomic mass is 16.5. The van der Waals surface area contributed by atoms with Crippen LogP contribution < -0.4 is 5.32 Å². The van der Waals surface area contributed by atoms with Crippen molar-refractivity contribution in [2.24, 2.45) is 0 Å². The Bertz CT molecular complexity index is 298. The average molecular weight is 211 g/mol. The van der Waals surface area contributed by atoms with Crippen molar-refractivity contribution < 1.29 is 9.53 Å². The van der Waals surface area contributed by atoms with Crippen LogP contribution in [0.25, 0.3) is 0 Å². The zero-order valence-corrected chi connectivity index (χ0v) is 9.30. The van der Waals surface area contributed by atoms with Crippen LogP contribution >= 0.6 is 0 Å². The predicted octanol–water partition coefficient (Wildman–Crippen LogP) is 0.595. The topological polar surface area (TPSA) is 56.1 Å². The van der Waals surface area contributed by atoms with Gasteiger partial charge in [0.15, 0.2) is 0 Å². The molecule has 15 heavy (non-hydrogen) atoms. The first-order valence-corrected chi connectivity index (χ1v) is 4.99. The van der Waals surface area contributed by atoms with Crippen LogP contribution in [0.2, 0.25) is 0 Å². The number of carbonyl (C=O) groups is 1. The molecule has 0 aromatic carbocycles. The SMILES string of the molecule is CCNC(C(=O)OC)C(C)n1ccnc1. The van der Waals surface area contributed by atoms with Gasteiger partial charge in [-0.3, -0.25) is 4.79 Å². The number of likely N-dealkylation sites (N-methyl/N-ethyl adjacent to an activating group) is 1. The Morgan fingerprint density at radius 1 is 1.67 bits per heavy atom. The molecule has 0 aliphatic carbocycles. The number of esters is 1. The Balaban J connectivity index is 2.75. The Kier molecular flexibility index (Phi) is 4.30. The maximum atomic E-state index is 11.5. The van der Waals surface area contributed by atoms with Crippen LogP contribution in [-0.4, -0.2) is 35.2 Å². The average Bonchev–Trinajstić information content (AvgIpc) is 2.77. The quantitative estimate of drug-likeness (QED) is 0.724.